The van der Waals surface area contributed by atoms with Gasteiger partial charge < -0.3 is 24.7 Å². The maximum absolute atomic E-state index is 8.55. The number of phosphoric acid groups is 1. The van der Waals surface area contributed by atoms with Crippen molar-refractivity contribution >= 4 is 48.2 Å². The number of hydrogen-bond acceptors (Lipinski definition) is 4. The SMILES string of the molecule is O=P([O-])([O-])[O-].[Al+3].[Mg+2].[O-2]. The molecule has 0 aliphatic carbocycles. The summed E-state index contributed by atoms with van der Waals surface area (Å²) in [5.41, 5.74) is 0. The maximum atomic E-state index is 8.55. The van der Waals surface area contributed by atoms with Gasteiger partial charge in [-0.3, -0.25) is 0 Å². The van der Waals surface area contributed by atoms with E-state index in [-0.39, 0.29) is 45.9 Å². The first-order chi connectivity index (χ1) is 2.00. The van der Waals surface area contributed by atoms with E-state index in [9.17, 15) is 0 Å². The second-order valence-corrected chi connectivity index (χ2v) is 1.34. The summed E-state index contributed by atoms with van der Waals surface area (Å²) >= 11 is 0. The van der Waals surface area contributed by atoms with Crippen LogP contribution in [0.4, 0.5) is 0 Å². The third kappa shape index (κ3) is 160. The average Bonchev–Trinajstić information content (AvgIpc) is 0.722. The molecule has 8 heteroatoms. The molecular formula is AlMgO5P. The molecule has 0 saturated heterocycles. The molecule has 0 aliphatic heterocycles. The van der Waals surface area contributed by atoms with Crippen LogP contribution >= 0.6 is 7.82 Å². The van der Waals surface area contributed by atoms with Gasteiger partial charge in [0.2, 0.25) is 0 Å². The average molecular weight is 162 g/mol. The van der Waals surface area contributed by atoms with Crippen molar-refractivity contribution in [3.05, 3.63) is 0 Å². The summed E-state index contributed by atoms with van der Waals surface area (Å²) in [6.45, 7) is 0. The Morgan fingerprint density at radius 3 is 1.12 bits per heavy atom. The van der Waals surface area contributed by atoms with Crippen molar-refractivity contribution in [2.75, 3.05) is 0 Å². The molecule has 0 heterocycles. The number of rotatable bonds is 0. The van der Waals surface area contributed by atoms with E-state index in [2.05, 4.69) is 0 Å². The molecule has 8 heavy (non-hydrogen) atoms. The molecule has 0 spiro atoms. The van der Waals surface area contributed by atoms with Crippen LogP contribution in [0.15, 0.2) is 0 Å². The predicted molar refractivity (Wildman–Crippen MR) is 19.8 cm³/mol. The van der Waals surface area contributed by atoms with Gasteiger partial charge in [0, 0.05) is 0 Å². The molecule has 0 fully saturated rings. The van der Waals surface area contributed by atoms with E-state index in [1.54, 1.807) is 0 Å². The van der Waals surface area contributed by atoms with Gasteiger partial charge in [-0.1, -0.05) is 0 Å². The minimum Gasteiger partial charge on any atom is -2.00 e. The van der Waals surface area contributed by atoms with E-state index >= 15 is 0 Å². The van der Waals surface area contributed by atoms with Crippen LogP contribution in [0.5, 0.6) is 0 Å². The van der Waals surface area contributed by atoms with Crippen molar-refractivity contribution in [2.24, 2.45) is 0 Å². The minimum absolute atomic E-state index is 0. The van der Waals surface area contributed by atoms with Crippen LogP contribution in [0, 0.1) is 0 Å². The first kappa shape index (κ1) is 22.8. The quantitative estimate of drug-likeness (QED) is 0.269. The molecule has 0 unspecified atom stereocenters. The minimum atomic E-state index is -5.39. The van der Waals surface area contributed by atoms with Crippen LogP contribution in [0.1, 0.15) is 0 Å². The van der Waals surface area contributed by atoms with E-state index in [1.165, 1.54) is 0 Å². The normalized spacial score (nSPS) is 7.38. The van der Waals surface area contributed by atoms with E-state index in [0.29, 0.717) is 0 Å². The molecule has 0 amide bonds. The molecule has 5 nitrogen and oxygen atoms in total. The van der Waals surface area contributed by atoms with Gasteiger partial charge in [-0.05, 0) is 0 Å². The third-order valence-electron chi connectivity index (χ3n) is 0. The van der Waals surface area contributed by atoms with Crippen LogP contribution in [0.25, 0.3) is 0 Å². The Morgan fingerprint density at radius 2 is 1.12 bits per heavy atom. The summed E-state index contributed by atoms with van der Waals surface area (Å²) in [4.78, 5) is 25.6. The largest absolute Gasteiger partial charge is 3.00 e. The zero-order valence-electron chi connectivity index (χ0n) is 3.77. The van der Waals surface area contributed by atoms with Crippen LogP contribution in [0.3, 0.4) is 0 Å². The van der Waals surface area contributed by atoms with Gasteiger partial charge in [-0.15, -0.1) is 0 Å². The standard InChI is InChI=1S/Al.Mg.H3O4P.O/c;;1-5(2,3)4;/h;;(H3,1,2,3,4);/q+3;+2;;-2/p-3. The zero-order valence-corrected chi connectivity index (χ0v) is 7.24. The summed E-state index contributed by atoms with van der Waals surface area (Å²) in [5.74, 6) is 0. The second-order valence-electron chi connectivity index (χ2n) is 0.447. The molecule has 0 aromatic carbocycles. The first-order valence-electron chi connectivity index (χ1n) is 0.730. The topological polar surface area (TPSA) is 115 Å². The third-order valence-corrected chi connectivity index (χ3v) is 0. The zero-order chi connectivity index (χ0) is 4.50. The van der Waals surface area contributed by atoms with Crippen molar-refractivity contribution in [1.29, 1.82) is 0 Å². The van der Waals surface area contributed by atoms with Gasteiger partial charge >= 0.3 is 40.4 Å². The number of hydrogen-bond donors (Lipinski definition) is 0. The molecule has 0 aromatic heterocycles. The fourth-order valence-electron chi connectivity index (χ4n) is 0. The van der Waals surface area contributed by atoms with E-state index in [4.69, 9.17) is 19.2 Å². The Kier molecular flexibility index (Phi) is 23.8. The summed E-state index contributed by atoms with van der Waals surface area (Å²) < 4.78 is 8.55. The van der Waals surface area contributed by atoms with Gasteiger partial charge in [0.25, 0.3) is 0 Å². The Hall–Kier alpha value is 1.37. The summed E-state index contributed by atoms with van der Waals surface area (Å²) in [5, 5.41) is 0. The summed E-state index contributed by atoms with van der Waals surface area (Å²) in [7, 11) is -5.39. The Balaban J connectivity index is -0.0000000267. The van der Waals surface area contributed by atoms with Crippen molar-refractivity contribution in [3.63, 3.8) is 0 Å². The molecule has 0 bridgehead atoms. The van der Waals surface area contributed by atoms with E-state index < -0.39 is 7.82 Å². The molecule has 0 aromatic rings. The van der Waals surface area contributed by atoms with Gasteiger partial charge in [-0.25, -0.2) is 0 Å². The van der Waals surface area contributed by atoms with Gasteiger partial charge in [0.05, 0.1) is 0 Å². The predicted octanol–water partition coefficient (Wildman–Crippen LogP) is -3.70. The molecule has 0 N–H and O–H groups in total. The molecule has 0 atom stereocenters. The molecule has 40 valence electrons. The Morgan fingerprint density at radius 1 is 1.12 bits per heavy atom. The fraction of sp³-hybridized carbons (Fsp3) is 0. The van der Waals surface area contributed by atoms with Crippen molar-refractivity contribution in [1.82, 2.24) is 0 Å². The fourth-order valence-corrected chi connectivity index (χ4v) is 0. The van der Waals surface area contributed by atoms with Gasteiger partial charge in [0.1, 0.15) is 0 Å². The van der Waals surface area contributed by atoms with Gasteiger partial charge in [-0.2, -0.15) is 7.82 Å². The van der Waals surface area contributed by atoms with E-state index in [1.807, 2.05) is 0 Å². The smallest absolute Gasteiger partial charge is 2.00 e. The van der Waals surface area contributed by atoms with Crippen LogP contribution in [0.2, 0.25) is 0 Å². The maximum Gasteiger partial charge on any atom is 3.00 e. The van der Waals surface area contributed by atoms with Gasteiger partial charge in [0.15, 0.2) is 0 Å². The molecule has 0 saturated carbocycles. The van der Waals surface area contributed by atoms with E-state index in [0.717, 1.165) is 0 Å². The Bertz CT molecular complexity index is 58.6. The van der Waals surface area contributed by atoms with Crippen molar-refractivity contribution in [3.8, 4) is 0 Å². The monoisotopic (exact) mass is 162 g/mol. The first-order valence-corrected chi connectivity index (χ1v) is 2.19. The molecule has 0 radical (unpaired) electrons. The molecule has 0 aliphatic rings. The van der Waals surface area contributed by atoms with Crippen molar-refractivity contribution < 1.29 is 24.7 Å². The molecule has 0 rings (SSSR count). The molecular weight excluding hydrogens is 162 g/mol. The summed E-state index contributed by atoms with van der Waals surface area (Å²) in [6, 6.07) is 0. The summed E-state index contributed by atoms with van der Waals surface area (Å²) in [6.07, 6.45) is 0. The van der Waals surface area contributed by atoms with Crippen LogP contribution in [-0.2, 0) is 10.0 Å². The van der Waals surface area contributed by atoms with Crippen LogP contribution in [-0.4, -0.2) is 40.4 Å². The van der Waals surface area contributed by atoms with Crippen molar-refractivity contribution in [2.45, 2.75) is 0 Å². The Labute approximate surface area is 72.9 Å². The second kappa shape index (κ2) is 8.37. The van der Waals surface area contributed by atoms with Crippen LogP contribution < -0.4 is 14.7 Å².